The van der Waals surface area contributed by atoms with Gasteiger partial charge < -0.3 is 5.73 Å². The van der Waals surface area contributed by atoms with Crippen molar-refractivity contribution in [3.05, 3.63) is 0 Å². The van der Waals surface area contributed by atoms with Crippen molar-refractivity contribution >= 4 is 11.7 Å². The van der Waals surface area contributed by atoms with E-state index in [2.05, 4.69) is 11.9 Å². The van der Waals surface area contributed by atoms with Crippen molar-refractivity contribution in [3.63, 3.8) is 0 Å². The highest BCUT2D eigenvalue weighted by Gasteiger charge is 2.26. The minimum absolute atomic E-state index is 0.107. The van der Waals surface area contributed by atoms with E-state index in [0.29, 0.717) is 13.0 Å². The minimum atomic E-state index is 0.107. The largest absolute Gasteiger partial charge is 0.330 e. The highest BCUT2D eigenvalue weighted by atomic mass is 16.2. The first kappa shape index (κ1) is 12.2. The summed E-state index contributed by atoms with van der Waals surface area (Å²) in [6, 6.07) is 0. The Morgan fingerprint density at radius 1 is 1.67 bits per heavy atom. The quantitative estimate of drug-likeness (QED) is 0.738. The van der Waals surface area contributed by atoms with Crippen LogP contribution in [0.2, 0.25) is 0 Å². The summed E-state index contributed by atoms with van der Waals surface area (Å²) < 4.78 is 0. The molecule has 86 valence electrons. The van der Waals surface area contributed by atoms with Crippen LogP contribution in [0.5, 0.6) is 0 Å². The second-order valence-corrected chi connectivity index (χ2v) is 4.02. The molecule has 0 saturated carbocycles. The van der Waals surface area contributed by atoms with Crippen molar-refractivity contribution in [2.45, 2.75) is 33.1 Å². The first-order valence-corrected chi connectivity index (χ1v) is 5.75. The van der Waals surface area contributed by atoms with Crippen LogP contribution < -0.4 is 5.73 Å². The lowest BCUT2D eigenvalue weighted by Gasteiger charge is -2.21. The molecule has 0 aromatic heterocycles. The number of nitrogens with zero attached hydrogens (tertiary/aromatic N) is 2. The first-order valence-electron chi connectivity index (χ1n) is 5.75. The fraction of sp³-hybridized carbons (Fsp3) is 0.818. The zero-order valence-corrected chi connectivity index (χ0v) is 9.70. The van der Waals surface area contributed by atoms with Gasteiger partial charge in [0.1, 0.15) is 5.84 Å². The fourth-order valence-electron chi connectivity index (χ4n) is 1.90. The van der Waals surface area contributed by atoms with Crippen LogP contribution >= 0.6 is 0 Å². The first-order chi connectivity index (χ1) is 7.20. The molecule has 2 N–H and O–H groups in total. The fourth-order valence-corrected chi connectivity index (χ4v) is 1.90. The van der Waals surface area contributed by atoms with Crippen LogP contribution in [-0.2, 0) is 4.79 Å². The number of hydrogen-bond acceptors (Lipinski definition) is 3. The van der Waals surface area contributed by atoms with Crippen molar-refractivity contribution in [2.24, 2.45) is 16.6 Å². The molecule has 0 spiro atoms. The lowest BCUT2D eigenvalue weighted by molar-refractivity contribution is -0.130. The second-order valence-electron chi connectivity index (χ2n) is 4.02. The minimum Gasteiger partial charge on any atom is -0.330 e. The predicted octanol–water partition coefficient (Wildman–Crippen LogP) is 1.01. The third-order valence-corrected chi connectivity index (χ3v) is 2.71. The molecule has 15 heavy (non-hydrogen) atoms. The molecule has 1 amide bonds. The van der Waals surface area contributed by atoms with Gasteiger partial charge >= 0.3 is 0 Å². The Hall–Kier alpha value is -0.900. The maximum Gasteiger partial charge on any atom is 0.230 e. The van der Waals surface area contributed by atoms with Crippen molar-refractivity contribution in [1.29, 1.82) is 0 Å². The Kier molecular flexibility index (Phi) is 4.75. The normalized spacial score (nSPS) is 17.8. The van der Waals surface area contributed by atoms with Crippen LogP contribution in [-0.4, -0.2) is 36.3 Å². The molecule has 4 nitrogen and oxygen atoms in total. The maximum atomic E-state index is 12.0. The number of carbonyl (C=O) groups is 1. The number of hydrogen-bond donors (Lipinski definition) is 1. The molecular weight excluding hydrogens is 190 g/mol. The molecule has 0 aliphatic carbocycles. The average molecular weight is 211 g/mol. The van der Waals surface area contributed by atoms with Crippen molar-refractivity contribution in [2.75, 3.05) is 19.6 Å². The van der Waals surface area contributed by atoms with E-state index in [4.69, 9.17) is 5.73 Å². The van der Waals surface area contributed by atoms with Gasteiger partial charge in [-0.15, -0.1) is 0 Å². The van der Waals surface area contributed by atoms with E-state index in [-0.39, 0.29) is 11.8 Å². The van der Waals surface area contributed by atoms with Gasteiger partial charge in [0.25, 0.3) is 0 Å². The maximum absolute atomic E-state index is 12.0. The number of amidine groups is 1. The number of nitrogens with two attached hydrogens (primary N) is 1. The summed E-state index contributed by atoms with van der Waals surface area (Å²) >= 11 is 0. The molecule has 1 rings (SSSR count). The zero-order valence-electron chi connectivity index (χ0n) is 9.70. The van der Waals surface area contributed by atoms with Crippen molar-refractivity contribution in [3.8, 4) is 0 Å². The highest BCUT2D eigenvalue weighted by molar-refractivity contribution is 6.00. The van der Waals surface area contributed by atoms with Gasteiger partial charge in [0.15, 0.2) is 0 Å². The van der Waals surface area contributed by atoms with E-state index in [1.807, 2.05) is 11.8 Å². The summed E-state index contributed by atoms with van der Waals surface area (Å²) in [5, 5.41) is 0. The Morgan fingerprint density at radius 3 is 3.00 bits per heavy atom. The van der Waals surface area contributed by atoms with E-state index < -0.39 is 0 Å². The zero-order chi connectivity index (χ0) is 11.3. The van der Waals surface area contributed by atoms with Crippen molar-refractivity contribution < 1.29 is 4.79 Å². The third-order valence-electron chi connectivity index (χ3n) is 2.71. The molecule has 0 aromatic carbocycles. The summed E-state index contributed by atoms with van der Waals surface area (Å²) in [5.41, 5.74) is 5.49. The van der Waals surface area contributed by atoms with E-state index in [1.54, 1.807) is 0 Å². The highest BCUT2D eigenvalue weighted by Crippen LogP contribution is 2.14. The van der Waals surface area contributed by atoms with Crippen LogP contribution in [0.4, 0.5) is 0 Å². The molecule has 4 heteroatoms. The monoisotopic (exact) mass is 211 g/mol. The third kappa shape index (κ3) is 3.02. The van der Waals surface area contributed by atoms with E-state index >= 15 is 0 Å². The van der Waals surface area contributed by atoms with Gasteiger partial charge in [-0.2, -0.15) is 0 Å². The number of aliphatic imine (C=N–C) groups is 1. The molecule has 0 saturated heterocycles. The molecule has 1 heterocycles. The molecule has 1 unspecified atom stereocenters. The summed E-state index contributed by atoms with van der Waals surface area (Å²) in [5.74, 6) is 1.20. The van der Waals surface area contributed by atoms with Gasteiger partial charge in [-0.25, -0.2) is 0 Å². The molecule has 0 radical (unpaired) electrons. The number of amides is 1. The lowest BCUT2D eigenvalue weighted by Crippen LogP contribution is -2.38. The summed E-state index contributed by atoms with van der Waals surface area (Å²) in [6.45, 7) is 6.12. The Morgan fingerprint density at radius 2 is 2.40 bits per heavy atom. The van der Waals surface area contributed by atoms with Gasteiger partial charge in [-0.1, -0.05) is 20.3 Å². The predicted molar refractivity (Wildman–Crippen MR) is 61.8 cm³/mol. The van der Waals surface area contributed by atoms with Gasteiger partial charge in [0, 0.05) is 18.9 Å². The molecule has 0 aromatic rings. The molecule has 1 aliphatic rings. The van der Waals surface area contributed by atoms with Gasteiger partial charge in [-0.05, 0) is 13.0 Å². The van der Waals surface area contributed by atoms with Crippen LogP contribution in [0.25, 0.3) is 0 Å². The summed E-state index contributed by atoms with van der Waals surface area (Å²) in [7, 11) is 0. The van der Waals surface area contributed by atoms with Crippen LogP contribution in [0, 0.1) is 5.92 Å². The van der Waals surface area contributed by atoms with E-state index in [9.17, 15) is 4.79 Å². The van der Waals surface area contributed by atoms with Crippen LogP contribution in [0.3, 0.4) is 0 Å². The van der Waals surface area contributed by atoms with Crippen LogP contribution in [0.15, 0.2) is 4.99 Å². The van der Waals surface area contributed by atoms with Crippen molar-refractivity contribution in [1.82, 2.24) is 4.90 Å². The SMILES string of the molecule is CCCC(C)C(=O)N1CCN=C1CCN. The number of rotatable bonds is 5. The number of carbonyl (C=O) groups excluding carboxylic acids is 1. The molecule has 1 atom stereocenters. The molecular formula is C11H21N3O. The second kappa shape index (κ2) is 5.85. The van der Waals surface area contributed by atoms with E-state index in [1.165, 1.54) is 0 Å². The van der Waals surface area contributed by atoms with Gasteiger partial charge in [-0.3, -0.25) is 14.7 Å². The topological polar surface area (TPSA) is 58.7 Å². The summed E-state index contributed by atoms with van der Waals surface area (Å²) in [4.78, 5) is 18.1. The molecule has 0 bridgehead atoms. The van der Waals surface area contributed by atoms with Gasteiger partial charge in [0.05, 0.1) is 6.54 Å². The Bertz CT molecular complexity index is 250. The smallest absolute Gasteiger partial charge is 0.230 e. The molecule has 1 aliphatic heterocycles. The van der Waals surface area contributed by atoms with E-state index in [0.717, 1.165) is 31.8 Å². The lowest BCUT2D eigenvalue weighted by atomic mass is 10.0. The van der Waals surface area contributed by atoms with Gasteiger partial charge in [0.2, 0.25) is 5.91 Å². The van der Waals surface area contributed by atoms with Crippen LogP contribution in [0.1, 0.15) is 33.1 Å². The Labute approximate surface area is 91.5 Å². The summed E-state index contributed by atoms with van der Waals surface area (Å²) in [6.07, 6.45) is 2.71. The standard InChI is InChI=1S/C11H21N3O/c1-3-4-9(2)11(15)14-8-7-13-10(14)5-6-12/h9H,3-8,12H2,1-2H3. The molecule has 0 fully saturated rings. The Balaban J connectivity index is 2.56. The average Bonchev–Trinajstić information content (AvgIpc) is 2.66.